The minimum Gasteiger partial charge on any atom is -0.368 e. The van der Waals surface area contributed by atoms with Crippen molar-refractivity contribution in [2.75, 3.05) is 36.4 Å². The first-order valence-electron chi connectivity index (χ1n) is 9.12. The molecular formula is C21H20N4O2. The summed E-state index contributed by atoms with van der Waals surface area (Å²) in [5, 5.41) is 11.8. The van der Waals surface area contributed by atoms with Gasteiger partial charge in [0.05, 0.1) is 11.6 Å². The number of benzene rings is 2. The zero-order valence-electron chi connectivity index (χ0n) is 14.9. The maximum Gasteiger partial charge on any atom is 0.253 e. The SMILES string of the molecule is N#Cc1ccc(C(=O)N2CCN(c3cccc4c3CCC(=O)N4)CC2)cc1. The first-order valence-corrected chi connectivity index (χ1v) is 9.12. The van der Waals surface area contributed by atoms with Crippen molar-refractivity contribution in [2.45, 2.75) is 12.8 Å². The van der Waals surface area contributed by atoms with Crippen LogP contribution >= 0.6 is 0 Å². The fourth-order valence-electron chi connectivity index (χ4n) is 3.72. The zero-order chi connectivity index (χ0) is 18.8. The van der Waals surface area contributed by atoms with Crippen LogP contribution in [0.15, 0.2) is 42.5 Å². The summed E-state index contributed by atoms with van der Waals surface area (Å²) in [5.74, 6) is 0.0685. The second kappa shape index (κ2) is 7.12. The summed E-state index contributed by atoms with van der Waals surface area (Å²) < 4.78 is 0. The van der Waals surface area contributed by atoms with Crippen LogP contribution in [0.1, 0.15) is 27.9 Å². The van der Waals surface area contributed by atoms with Crippen molar-refractivity contribution in [1.29, 1.82) is 5.26 Å². The highest BCUT2D eigenvalue weighted by Crippen LogP contribution is 2.32. The molecule has 0 spiro atoms. The summed E-state index contributed by atoms with van der Waals surface area (Å²) >= 11 is 0. The Bertz CT molecular complexity index is 922. The Morgan fingerprint density at radius 2 is 1.74 bits per heavy atom. The molecule has 0 bridgehead atoms. The molecule has 27 heavy (non-hydrogen) atoms. The summed E-state index contributed by atoms with van der Waals surface area (Å²) in [4.78, 5) is 28.5. The van der Waals surface area contributed by atoms with Crippen LogP contribution in [0.3, 0.4) is 0 Å². The van der Waals surface area contributed by atoms with Crippen molar-refractivity contribution in [3.8, 4) is 6.07 Å². The lowest BCUT2D eigenvalue weighted by molar-refractivity contribution is -0.116. The number of nitrogens with zero attached hydrogens (tertiary/aromatic N) is 3. The number of hydrogen-bond donors (Lipinski definition) is 1. The molecule has 136 valence electrons. The van der Waals surface area contributed by atoms with Gasteiger partial charge >= 0.3 is 0 Å². The number of carbonyl (C=O) groups excluding carboxylic acids is 2. The van der Waals surface area contributed by atoms with Gasteiger partial charge < -0.3 is 15.1 Å². The number of hydrogen-bond acceptors (Lipinski definition) is 4. The van der Waals surface area contributed by atoms with Crippen LogP contribution in [0.2, 0.25) is 0 Å². The molecule has 2 amide bonds. The van der Waals surface area contributed by atoms with Gasteiger partial charge in [0.2, 0.25) is 5.91 Å². The second-order valence-electron chi connectivity index (χ2n) is 6.82. The van der Waals surface area contributed by atoms with Crippen molar-refractivity contribution in [2.24, 2.45) is 0 Å². The fraction of sp³-hybridized carbons (Fsp3) is 0.286. The van der Waals surface area contributed by atoms with Gasteiger partial charge in [0, 0.05) is 49.5 Å². The van der Waals surface area contributed by atoms with Gasteiger partial charge in [-0.1, -0.05) is 6.07 Å². The van der Waals surface area contributed by atoms with Gasteiger partial charge in [0.15, 0.2) is 0 Å². The van der Waals surface area contributed by atoms with Crippen LogP contribution in [-0.4, -0.2) is 42.9 Å². The molecule has 4 rings (SSSR count). The quantitative estimate of drug-likeness (QED) is 0.892. The molecule has 2 aliphatic heterocycles. The molecule has 2 aromatic carbocycles. The van der Waals surface area contributed by atoms with Gasteiger partial charge in [-0.05, 0) is 48.4 Å². The van der Waals surface area contributed by atoms with E-state index in [1.54, 1.807) is 24.3 Å². The summed E-state index contributed by atoms with van der Waals surface area (Å²) in [6.45, 7) is 2.81. The largest absolute Gasteiger partial charge is 0.368 e. The van der Waals surface area contributed by atoms with Gasteiger partial charge in [-0.2, -0.15) is 5.26 Å². The van der Waals surface area contributed by atoms with E-state index >= 15 is 0 Å². The second-order valence-corrected chi connectivity index (χ2v) is 6.82. The zero-order valence-corrected chi connectivity index (χ0v) is 14.9. The van der Waals surface area contributed by atoms with Gasteiger partial charge in [-0.3, -0.25) is 9.59 Å². The van der Waals surface area contributed by atoms with Crippen LogP contribution in [0.4, 0.5) is 11.4 Å². The van der Waals surface area contributed by atoms with E-state index in [-0.39, 0.29) is 11.8 Å². The smallest absolute Gasteiger partial charge is 0.253 e. The molecule has 0 radical (unpaired) electrons. The summed E-state index contributed by atoms with van der Waals surface area (Å²) in [7, 11) is 0. The monoisotopic (exact) mass is 360 g/mol. The first kappa shape index (κ1) is 17.1. The maximum absolute atomic E-state index is 12.7. The summed E-state index contributed by atoms with van der Waals surface area (Å²) in [6, 6.07) is 14.8. The third kappa shape index (κ3) is 3.36. The van der Waals surface area contributed by atoms with Crippen LogP contribution in [-0.2, 0) is 11.2 Å². The van der Waals surface area contributed by atoms with Crippen molar-refractivity contribution in [3.63, 3.8) is 0 Å². The molecule has 1 saturated heterocycles. The number of rotatable bonds is 2. The van der Waals surface area contributed by atoms with E-state index in [0.717, 1.165) is 30.9 Å². The van der Waals surface area contributed by atoms with Gasteiger partial charge in [0.1, 0.15) is 0 Å². The highest BCUT2D eigenvalue weighted by atomic mass is 16.2. The number of piperazine rings is 1. The standard InChI is InChI=1S/C21H20N4O2/c22-14-15-4-6-16(7-5-15)21(27)25-12-10-24(11-13-25)19-3-1-2-18-17(19)8-9-20(26)23-18/h1-7H,8-13H2,(H,23,26). The van der Waals surface area contributed by atoms with E-state index in [1.807, 2.05) is 17.0 Å². The fourth-order valence-corrected chi connectivity index (χ4v) is 3.72. The Labute approximate surface area is 158 Å². The highest BCUT2D eigenvalue weighted by molar-refractivity contribution is 5.96. The van der Waals surface area contributed by atoms with E-state index in [0.29, 0.717) is 30.6 Å². The van der Waals surface area contributed by atoms with Crippen LogP contribution in [0, 0.1) is 11.3 Å². The highest BCUT2D eigenvalue weighted by Gasteiger charge is 2.25. The molecule has 1 fully saturated rings. The average Bonchev–Trinajstić information content (AvgIpc) is 2.73. The molecular weight excluding hydrogens is 340 g/mol. The molecule has 6 nitrogen and oxygen atoms in total. The summed E-state index contributed by atoms with van der Waals surface area (Å²) in [5.41, 5.74) is 4.40. The number of fused-ring (bicyclic) bond motifs is 1. The molecule has 0 saturated carbocycles. The lowest BCUT2D eigenvalue weighted by Crippen LogP contribution is -2.49. The molecule has 0 atom stereocenters. The minimum atomic E-state index is 0.00138. The first-order chi connectivity index (χ1) is 13.2. The van der Waals surface area contributed by atoms with E-state index in [4.69, 9.17) is 5.26 Å². The Kier molecular flexibility index (Phi) is 4.51. The molecule has 6 heteroatoms. The number of nitriles is 1. The van der Waals surface area contributed by atoms with Crippen LogP contribution < -0.4 is 10.2 Å². The lowest BCUT2D eigenvalue weighted by Gasteiger charge is -2.38. The number of nitrogens with one attached hydrogen (secondary N) is 1. The molecule has 2 aliphatic rings. The van der Waals surface area contributed by atoms with Crippen molar-refractivity contribution >= 4 is 23.2 Å². The van der Waals surface area contributed by atoms with Gasteiger partial charge in [-0.25, -0.2) is 0 Å². The average molecular weight is 360 g/mol. The van der Waals surface area contributed by atoms with E-state index in [2.05, 4.69) is 22.4 Å². The normalized spacial score (nSPS) is 16.3. The molecule has 0 unspecified atom stereocenters. The van der Waals surface area contributed by atoms with Crippen molar-refractivity contribution in [1.82, 2.24) is 4.90 Å². The molecule has 0 aromatic heterocycles. The summed E-state index contributed by atoms with van der Waals surface area (Å²) in [6.07, 6.45) is 1.27. The van der Waals surface area contributed by atoms with E-state index in [9.17, 15) is 9.59 Å². The Morgan fingerprint density at radius 3 is 2.44 bits per heavy atom. The Morgan fingerprint density at radius 1 is 1.00 bits per heavy atom. The predicted molar refractivity (Wildman–Crippen MR) is 103 cm³/mol. The topological polar surface area (TPSA) is 76.4 Å². The Balaban J connectivity index is 1.45. The predicted octanol–water partition coefficient (Wildman–Crippen LogP) is 2.41. The third-order valence-electron chi connectivity index (χ3n) is 5.20. The van der Waals surface area contributed by atoms with Crippen LogP contribution in [0.5, 0.6) is 0 Å². The minimum absolute atomic E-state index is 0.00138. The lowest BCUT2D eigenvalue weighted by atomic mass is 10.00. The number of amides is 2. The number of anilines is 2. The molecule has 1 N–H and O–H groups in total. The van der Waals surface area contributed by atoms with Gasteiger partial charge in [0.25, 0.3) is 5.91 Å². The van der Waals surface area contributed by atoms with Crippen LogP contribution in [0.25, 0.3) is 0 Å². The Hall–Kier alpha value is -3.33. The van der Waals surface area contributed by atoms with E-state index < -0.39 is 0 Å². The molecule has 0 aliphatic carbocycles. The number of carbonyl (C=O) groups is 2. The maximum atomic E-state index is 12.7. The van der Waals surface area contributed by atoms with Crippen molar-refractivity contribution in [3.05, 3.63) is 59.2 Å². The molecule has 2 aromatic rings. The van der Waals surface area contributed by atoms with Gasteiger partial charge in [-0.15, -0.1) is 0 Å². The molecule has 2 heterocycles. The third-order valence-corrected chi connectivity index (χ3v) is 5.20. The van der Waals surface area contributed by atoms with E-state index in [1.165, 1.54) is 5.56 Å². The van der Waals surface area contributed by atoms with Crippen molar-refractivity contribution < 1.29 is 9.59 Å².